The molecular weight excluding hydrogens is 238 g/mol. The normalized spacial score (nSPS) is 31.9. The average molecular weight is 267 g/mol. The Kier molecular flexibility index (Phi) is 5.10. The van der Waals surface area contributed by atoms with Gasteiger partial charge in [0.05, 0.1) is 13.2 Å². The van der Waals surface area contributed by atoms with Gasteiger partial charge in [-0.2, -0.15) is 0 Å². The third-order valence-corrected chi connectivity index (χ3v) is 5.04. The molecule has 19 heavy (non-hydrogen) atoms. The molecular formula is C15H29N3O. The van der Waals surface area contributed by atoms with Crippen LogP contribution in [0.4, 0.5) is 0 Å². The van der Waals surface area contributed by atoms with Gasteiger partial charge in [-0.05, 0) is 25.8 Å². The molecule has 1 N–H and O–H groups in total. The van der Waals surface area contributed by atoms with Crippen molar-refractivity contribution >= 4 is 0 Å². The van der Waals surface area contributed by atoms with E-state index in [2.05, 4.69) is 15.1 Å². The predicted molar refractivity (Wildman–Crippen MR) is 77.5 cm³/mol. The third kappa shape index (κ3) is 3.91. The summed E-state index contributed by atoms with van der Waals surface area (Å²) in [7, 11) is 0. The van der Waals surface area contributed by atoms with Crippen molar-refractivity contribution in [2.75, 3.05) is 52.5 Å². The Labute approximate surface area is 117 Å². The molecule has 2 aliphatic heterocycles. The molecule has 0 aromatic heterocycles. The van der Waals surface area contributed by atoms with E-state index in [0.717, 1.165) is 25.8 Å². The van der Waals surface area contributed by atoms with Crippen molar-refractivity contribution < 1.29 is 4.74 Å². The van der Waals surface area contributed by atoms with Crippen molar-refractivity contribution in [1.29, 1.82) is 0 Å². The highest BCUT2D eigenvalue weighted by Gasteiger charge is 2.26. The van der Waals surface area contributed by atoms with Gasteiger partial charge in [0.25, 0.3) is 0 Å². The van der Waals surface area contributed by atoms with E-state index < -0.39 is 0 Å². The molecule has 1 saturated carbocycles. The highest BCUT2D eigenvalue weighted by Crippen LogP contribution is 2.24. The second-order valence-electron chi connectivity index (χ2n) is 6.33. The molecule has 0 spiro atoms. The van der Waals surface area contributed by atoms with Crippen molar-refractivity contribution in [3.05, 3.63) is 0 Å². The highest BCUT2D eigenvalue weighted by molar-refractivity contribution is 4.82. The van der Waals surface area contributed by atoms with Crippen LogP contribution in [-0.4, -0.2) is 74.4 Å². The van der Waals surface area contributed by atoms with Gasteiger partial charge in [0, 0.05) is 44.8 Å². The van der Waals surface area contributed by atoms with Crippen LogP contribution >= 0.6 is 0 Å². The molecule has 4 heteroatoms. The number of nitrogens with zero attached hydrogens (tertiary/aromatic N) is 2. The molecule has 2 saturated heterocycles. The molecule has 3 aliphatic rings. The average Bonchev–Trinajstić information content (AvgIpc) is 3.01. The molecule has 4 nitrogen and oxygen atoms in total. The van der Waals surface area contributed by atoms with E-state index in [0.29, 0.717) is 6.04 Å². The maximum Gasteiger partial charge on any atom is 0.0620 e. The van der Waals surface area contributed by atoms with Crippen molar-refractivity contribution in [3.8, 4) is 0 Å². The summed E-state index contributed by atoms with van der Waals surface area (Å²) in [5, 5.41) is 3.55. The smallest absolute Gasteiger partial charge is 0.0620 e. The number of nitrogens with one attached hydrogen (secondary N) is 1. The van der Waals surface area contributed by atoms with Gasteiger partial charge in [0.15, 0.2) is 0 Å². The molecule has 1 atom stereocenters. The summed E-state index contributed by atoms with van der Waals surface area (Å²) in [4.78, 5) is 5.38. The minimum Gasteiger partial charge on any atom is -0.379 e. The van der Waals surface area contributed by atoms with Gasteiger partial charge in [-0.1, -0.05) is 12.8 Å². The quantitative estimate of drug-likeness (QED) is 0.820. The Balaban J connectivity index is 1.33. The molecule has 3 fully saturated rings. The van der Waals surface area contributed by atoms with E-state index in [1.165, 1.54) is 64.8 Å². The largest absolute Gasteiger partial charge is 0.379 e. The van der Waals surface area contributed by atoms with Crippen LogP contribution in [0.5, 0.6) is 0 Å². The topological polar surface area (TPSA) is 27.7 Å². The predicted octanol–water partition coefficient (Wildman–Crippen LogP) is 0.925. The van der Waals surface area contributed by atoms with E-state index in [9.17, 15) is 0 Å². The van der Waals surface area contributed by atoms with Crippen molar-refractivity contribution in [2.24, 2.45) is 0 Å². The summed E-state index contributed by atoms with van der Waals surface area (Å²) in [5.74, 6) is 0. The maximum atomic E-state index is 5.52. The Hall–Kier alpha value is -0.160. The molecule has 0 bridgehead atoms. The number of hydrogen-bond acceptors (Lipinski definition) is 4. The number of hydrogen-bond donors (Lipinski definition) is 1. The van der Waals surface area contributed by atoms with Crippen molar-refractivity contribution in [2.45, 2.75) is 44.2 Å². The molecule has 0 aromatic rings. The van der Waals surface area contributed by atoms with Gasteiger partial charge in [-0.3, -0.25) is 4.90 Å². The van der Waals surface area contributed by atoms with Crippen molar-refractivity contribution in [3.63, 3.8) is 0 Å². The molecule has 0 radical (unpaired) electrons. The first-order chi connectivity index (χ1) is 9.42. The molecule has 1 aliphatic carbocycles. The highest BCUT2D eigenvalue weighted by atomic mass is 16.5. The van der Waals surface area contributed by atoms with E-state index in [1.807, 2.05) is 0 Å². The first-order valence-corrected chi connectivity index (χ1v) is 8.19. The zero-order valence-electron chi connectivity index (χ0n) is 12.1. The standard InChI is InChI=1S/C15H29N3O/c1-2-4-15(3-1)18-10-8-17(9-11-18)7-5-14-13-19-12-6-16-14/h14-16H,1-13H2. The zero-order valence-corrected chi connectivity index (χ0v) is 12.1. The number of morpholine rings is 1. The second-order valence-corrected chi connectivity index (χ2v) is 6.33. The van der Waals surface area contributed by atoms with Crippen LogP contribution in [0.15, 0.2) is 0 Å². The first-order valence-electron chi connectivity index (χ1n) is 8.19. The van der Waals surface area contributed by atoms with Crippen LogP contribution in [-0.2, 0) is 4.74 Å². The minimum absolute atomic E-state index is 0.585. The van der Waals surface area contributed by atoms with Gasteiger partial charge in [-0.25, -0.2) is 0 Å². The maximum absolute atomic E-state index is 5.52. The van der Waals surface area contributed by atoms with Gasteiger partial charge in [0.2, 0.25) is 0 Å². The van der Waals surface area contributed by atoms with Gasteiger partial charge < -0.3 is 15.0 Å². The Morgan fingerprint density at radius 1 is 1.05 bits per heavy atom. The van der Waals surface area contributed by atoms with Gasteiger partial charge in [0.1, 0.15) is 0 Å². The summed E-state index contributed by atoms with van der Waals surface area (Å²) in [6.07, 6.45) is 7.05. The summed E-state index contributed by atoms with van der Waals surface area (Å²) >= 11 is 0. The van der Waals surface area contributed by atoms with E-state index in [-0.39, 0.29) is 0 Å². The molecule has 0 amide bonds. The van der Waals surface area contributed by atoms with Crippen LogP contribution in [0.25, 0.3) is 0 Å². The van der Waals surface area contributed by atoms with Crippen LogP contribution < -0.4 is 5.32 Å². The fraction of sp³-hybridized carbons (Fsp3) is 1.00. The van der Waals surface area contributed by atoms with E-state index in [1.54, 1.807) is 0 Å². The Bertz CT molecular complexity index is 254. The van der Waals surface area contributed by atoms with Crippen LogP contribution in [0.2, 0.25) is 0 Å². The number of rotatable bonds is 4. The van der Waals surface area contributed by atoms with E-state index >= 15 is 0 Å². The lowest BCUT2D eigenvalue weighted by molar-refractivity contribution is 0.0609. The van der Waals surface area contributed by atoms with Gasteiger partial charge >= 0.3 is 0 Å². The number of ether oxygens (including phenoxy) is 1. The Morgan fingerprint density at radius 2 is 1.84 bits per heavy atom. The lowest BCUT2D eigenvalue weighted by Gasteiger charge is -2.38. The summed E-state index contributed by atoms with van der Waals surface area (Å²) in [6, 6.07) is 1.50. The monoisotopic (exact) mass is 267 g/mol. The summed E-state index contributed by atoms with van der Waals surface area (Å²) < 4.78 is 5.52. The van der Waals surface area contributed by atoms with Crippen LogP contribution in [0, 0.1) is 0 Å². The van der Waals surface area contributed by atoms with E-state index in [4.69, 9.17) is 4.74 Å². The van der Waals surface area contributed by atoms with Gasteiger partial charge in [-0.15, -0.1) is 0 Å². The minimum atomic E-state index is 0.585. The second kappa shape index (κ2) is 7.02. The lowest BCUT2D eigenvalue weighted by Crippen LogP contribution is -2.51. The molecule has 2 heterocycles. The molecule has 110 valence electrons. The molecule has 0 aromatic carbocycles. The zero-order chi connectivity index (χ0) is 12.9. The summed E-state index contributed by atoms with van der Waals surface area (Å²) in [5.41, 5.74) is 0. The fourth-order valence-corrected chi connectivity index (χ4v) is 3.77. The fourth-order valence-electron chi connectivity index (χ4n) is 3.77. The Morgan fingerprint density at radius 3 is 2.53 bits per heavy atom. The molecule has 1 unspecified atom stereocenters. The number of piperazine rings is 1. The third-order valence-electron chi connectivity index (χ3n) is 5.04. The lowest BCUT2D eigenvalue weighted by atomic mass is 10.1. The molecule has 3 rings (SSSR count). The summed E-state index contributed by atoms with van der Waals surface area (Å²) in [6.45, 7) is 9.17. The van der Waals surface area contributed by atoms with Crippen LogP contribution in [0.1, 0.15) is 32.1 Å². The van der Waals surface area contributed by atoms with Crippen LogP contribution in [0.3, 0.4) is 0 Å². The SMILES string of the molecule is C1CCC(N2CCN(CCC3COCCN3)CC2)C1. The first kappa shape index (κ1) is 13.8. The van der Waals surface area contributed by atoms with Crippen molar-refractivity contribution in [1.82, 2.24) is 15.1 Å².